The largest absolute Gasteiger partial charge is 0.497 e. The van der Waals surface area contributed by atoms with E-state index in [0.717, 1.165) is 17.1 Å². The first kappa shape index (κ1) is 15.3. The number of nitrogens with zero attached hydrogens (tertiary/aromatic N) is 2. The lowest BCUT2D eigenvalue weighted by Gasteiger charge is -2.13. The average Bonchev–Trinajstić information content (AvgIpc) is 2.46. The van der Waals surface area contributed by atoms with E-state index in [1.54, 1.807) is 17.9 Å². The Kier molecular flexibility index (Phi) is 4.75. The maximum atomic E-state index is 12.0. The van der Waals surface area contributed by atoms with Gasteiger partial charge in [0.05, 0.1) is 12.8 Å². The number of ether oxygens (including phenoxy) is 1. The minimum absolute atomic E-state index is 0.0419. The van der Waals surface area contributed by atoms with Crippen LogP contribution in [0.15, 0.2) is 35.1 Å². The van der Waals surface area contributed by atoms with E-state index >= 15 is 0 Å². The van der Waals surface area contributed by atoms with Crippen molar-refractivity contribution < 1.29 is 4.74 Å². The molecule has 0 aliphatic heterocycles. The van der Waals surface area contributed by atoms with Gasteiger partial charge >= 0.3 is 0 Å². The van der Waals surface area contributed by atoms with Crippen LogP contribution >= 0.6 is 0 Å². The van der Waals surface area contributed by atoms with Gasteiger partial charge in [-0.15, -0.1) is 0 Å². The molecule has 0 spiro atoms. The number of hydrogen-bond acceptors (Lipinski definition) is 4. The molecule has 5 heteroatoms. The first-order valence-corrected chi connectivity index (χ1v) is 6.99. The Morgan fingerprint density at radius 2 is 2.10 bits per heavy atom. The number of hydrogen-bond donors (Lipinski definition) is 1. The van der Waals surface area contributed by atoms with E-state index in [1.165, 1.54) is 0 Å². The quantitative estimate of drug-likeness (QED) is 0.914. The Morgan fingerprint density at radius 3 is 2.76 bits per heavy atom. The molecule has 2 rings (SSSR count). The van der Waals surface area contributed by atoms with Gasteiger partial charge in [-0.25, -0.2) is 4.68 Å². The SMILES string of the molecule is COc1cccc(-n2nc(CNC(C)C)c(=O)cc2C)c1. The molecule has 0 amide bonds. The maximum Gasteiger partial charge on any atom is 0.204 e. The second-order valence-corrected chi connectivity index (χ2v) is 5.25. The summed E-state index contributed by atoms with van der Waals surface area (Å²) < 4.78 is 7.00. The van der Waals surface area contributed by atoms with Crippen LogP contribution in [0.2, 0.25) is 0 Å². The van der Waals surface area contributed by atoms with E-state index in [-0.39, 0.29) is 5.43 Å². The Labute approximate surface area is 124 Å². The summed E-state index contributed by atoms with van der Waals surface area (Å²) in [5.41, 5.74) is 2.14. The monoisotopic (exact) mass is 287 g/mol. The van der Waals surface area contributed by atoms with Crippen LogP contribution in [-0.4, -0.2) is 22.9 Å². The summed E-state index contributed by atoms with van der Waals surface area (Å²) in [6.45, 7) is 6.40. The summed E-state index contributed by atoms with van der Waals surface area (Å²) in [4.78, 5) is 12.0. The van der Waals surface area contributed by atoms with Crippen LogP contribution in [0.4, 0.5) is 0 Å². The van der Waals surface area contributed by atoms with Gasteiger partial charge in [-0.2, -0.15) is 5.10 Å². The second kappa shape index (κ2) is 6.54. The van der Waals surface area contributed by atoms with Crippen molar-refractivity contribution >= 4 is 0 Å². The zero-order valence-corrected chi connectivity index (χ0v) is 12.9. The molecule has 1 heterocycles. The van der Waals surface area contributed by atoms with Crippen molar-refractivity contribution in [3.8, 4) is 11.4 Å². The van der Waals surface area contributed by atoms with Crippen molar-refractivity contribution in [3.63, 3.8) is 0 Å². The summed E-state index contributed by atoms with van der Waals surface area (Å²) in [5, 5.41) is 7.70. The lowest BCUT2D eigenvalue weighted by Crippen LogP contribution is -2.28. The zero-order valence-electron chi connectivity index (χ0n) is 12.9. The molecule has 2 aromatic rings. The molecular weight excluding hydrogens is 266 g/mol. The molecule has 0 saturated carbocycles. The van der Waals surface area contributed by atoms with Crippen LogP contribution in [0.1, 0.15) is 25.2 Å². The number of aromatic nitrogens is 2. The zero-order chi connectivity index (χ0) is 15.4. The van der Waals surface area contributed by atoms with Crippen molar-refractivity contribution in [1.29, 1.82) is 0 Å². The van der Waals surface area contributed by atoms with E-state index in [0.29, 0.717) is 18.3 Å². The highest BCUT2D eigenvalue weighted by Crippen LogP contribution is 2.16. The minimum atomic E-state index is -0.0419. The van der Waals surface area contributed by atoms with Gasteiger partial charge in [-0.05, 0) is 19.1 Å². The highest BCUT2D eigenvalue weighted by atomic mass is 16.5. The standard InChI is InChI=1S/C16H21N3O2/c1-11(2)17-10-15-16(20)8-12(3)19(18-15)13-6-5-7-14(9-13)21-4/h5-9,11,17H,10H2,1-4H3. The summed E-state index contributed by atoms with van der Waals surface area (Å²) in [6, 6.07) is 9.53. The normalized spacial score (nSPS) is 10.9. The topological polar surface area (TPSA) is 56.1 Å². The number of nitrogens with one attached hydrogen (secondary N) is 1. The highest BCUT2D eigenvalue weighted by Gasteiger charge is 2.08. The fourth-order valence-corrected chi connectivity index (χ4v) is 2.01. The van der Waals surface area contributed by atoms with Crippen LogP contribution < -0.4 is 15.5 Å². The van der Waals surface area contributed by atoms with Gasteiger partial charge in [0, 0.05) is 30.4 Å². The molecule has 0 bridgehead atoms. The third-order valence-corrected chi connectivity index (χ3v) is 3.15. The van der Waals surface area contributed by atoms with Gasteiger partial charge in [0.1, 0.15) is 11.4 Å². The van der Waals surface area contributed by atoms with Crippen LogP contribution in [0.3, 0.4) is 0 Å². The van der Waals surface area contributed by atoms with Crippen LogP contribution in [0.5, 0.6) is 5.75 Å². The van der Waals surface area contributed by atoms with Crippen molar-refractivity contribution in [3.05, 3.63) is 51.9 Å². The molecule has 0 atom stereocenters. The van der Waals surface area contributed by atoms with Crippen molar-refractivity contribution in [1.82, 2.24) is 15.1 Å². The average molecular weight is 287 g/mol. The lowest BCUT2D eigenvalue weighted by molar-refractivity contribution is 0.414. The molecule has 0 fully saturated rings. The molecule has 0 aliphatic rings. The van der Waals surface area contributed by atoms with E-state index in [2.05, 4.69) is 10.4 Å². The Morgan fingerprint density at radius 1 is 1.33 bits per heavy atom. The molecule has 0 aliphatic carbocycles. The summed E-state index contributed by atoms with van der Waals surface area (Å²) in [6.07, 6.45) is 0. The van der Waals surface area contributed by atoms with Gasteiger partial charge in [-0.1, -0.05) is 19.9 Å². The third-order valence-electron chi connectivity index (χ3n) is 3.15. The highest BCUT2D eigenvalue weighted by molar-refractivity contribution is 5.39. The first-order valence-electron chi connectivity index (χ1n) is 6.99. The predicted molar refractivity (Wildman–Crippen MR) is 83.1 cm³/mol. The number of aryl methyl sites for hydroxylation is 1. The summed E-state index contributed by atoms with van der Waals surface area (Å²) in [7, 11) is 1.63. The van der Waals surface area contributed by atoms with E-state index in [9.17, 15) is 4.79 Å². The smallest absolute Gasteiger partial charge is 0.204 e. The fraction of sp³-hybridized carbons (Fsp3) is 0.375. The van der Waals surface area contributed by atoms with Crippen molar-refractivity contribution in [2.75, 3.05) is 7.11 Å². The van der Waals surface area contributed by atoms with E-state index in [4.69, 9.17) is 4.74 Å². The number of rotatable bonds is 5. The second-order valence-electron chi connectivity index (χ2n) is 5.25. The van der Waals surface area contributed by atoms with Gasteiger partial charge in [0.15, 0.2) is 0 Å². The van der Waals surface area contributed by atoms with Crippen LogP contribution in [0, 0.1) is 6.92 Å². The van der Waals surface area contributed by atoms with E-state index in [1.807, 2.05) is 45.0 Å². The molecule has 0 radical (unpaired) electrons. The third kappa shape index (κ3) is 3.70. The fourth-order valence-electron chi connectivity index (χ4n) is 2.01. The first-order chi connectivity index (χ1) is 10.0. The molecule has 1 aromatic heterocycles. The molecule has 1 N–H and O–H groups in total. The molecule has 0 saturated heterocycles. The molecule has 1 aromatic carbocycles. The van der Waals surface area contributed by atoms with Gasteiger partial charge in [0.25, 0.3) is 0 Å². The summed E-state index contributed by atoms with van der Waals surface area (Å²) >= 11 is 0. The lowest BCUT2D eigenvalue weighted by atomic mass is 10.2. The maximum absolute atomic E-state index is 12.0. The molecule has 5 nitrogen and oxygen atoms in total. The van der Waals surface area contributed by atoms with Crippen LogP contribution in [0.25, 0.3) is 5.69 Å². The molecule has 0 unspecified atom stereocenters. The van der Waals surface area contributed by atoms with Gasteiger partial charge < -0.3 is 10.1 Å². The van der Waals surface area contributed by atoms with Gasteiger partial charge in [0.2, 0.25) is 5.43 Å². The molecule has 21 heavy (non-hydrogen) atoms. The molecule has 112 valence electrons. The minimum Gasteiger partial charge on any atom is -0.497 e. The van der Waals surface area contributed by atoms with Crippen LogP contribution in [-0.2, 0) is 6.54 Å². The van der Waals surface area contributed by atoms with Gasteiger partial charge in [-0.3, -0.25) is 4.79 Å². The number of methoxy groups -OCH3 is 1. The Hall–Kier alpha value is -2.14. The predicted octanol–water partition coefficient (Wildman–Crippen LogP) is 2.05. The Bertz CT molecular complexity index is 677. The summed E-state index contributed by atoms with van der Waals surface area (Å²) in [5.74, 6) is 0.759. The Balaban J connectivity index is 2.43. The van der Waals surface area contributed by atoms with Crippen molar-refractivity contribution in [2.24, 2.45) is 0 Å². The van der Waals surface area contributed by atoms with Crippen molar-refractivity contribution in [2.45, 2.75) is 33.4 Å². The number of benzene rings is 1. The molecular formula is C16H21N3O2. The van der Waals surface area contributed by atoms with E-state index < -0.39 is 0 Å².